The zero-order valence-electron chi connectivity index (χ0n) is 17.6. The number of carbonyl (C=O) groups is 4. The minimum absolute atomic E-state index is 0.0411. The lowest BCUT2D eigenvalue weighted by atomic mass is 9.63. The molecule has 2 atom stereocenters. The van der Waals surface area contributed by atoms with Crippen LogP contribution in [-0.4, -0.2) is 58.0 Å². The van der Waals surface area contributed by atoms with Crippen LogP contribution in [0.15, 0.2) is 12.3 Å². The van der Waals surface area contributed by atoms with Gasteiger partial charge in [0.1, 0.15) is 11.7 Å². The van der Waals surface area contributed by atoms with Crippen LogP contribution in [0.4, 0.5) is 19.0 Å². The summed E-state index contributed by atoms with van der Waals surface area (Å²) < 4.78 is 38.2. The van der Waals surface area contributed by atoms with Crippen molar-refractivity contribution in [2.75, 3.05) is 18.4 Å². The van der Waals surface area contributed by atoms with Gasteiger partial charge in [0.25, 0.3) is 5.91 Å². The van der Waals surface area contributed by atoms with Gasteiger partial charge < -0.3 is 5.32 Å². The Morgan fingerprint density at radius 1 is 1.21 bits per heavy atom. The Morgan fingerprint density at radius 2 is 1.85 bits per heavy atom. The Hall–Kier alpha value is -2.57. The molecule has 3 aliphatic rings. The summed E-state index contributed by atoms with van der Waals surface area (Å²) in [5.41, 5.74) is -1.08. The number of nitrogens with one attached hydrogen (secondary N) is 2. The van der Waals surface area contributed by atoms with Crippen molar-refractivity contribution in [3.8, 4) is 0 Å². The zero-order chi connectivity index (χ0) is 24.3. The Kier molecular flexibility index (Phi) is 5.53. The number of ketones is 2. The van der Waals surface area contributed by atoms with Gasteiger partial charge in [-0.1, -0.05) is 25.4 Å². The first-order chi connectivity index (χ1) is 15.3. The van der Waals surface area contributed by atoms with E-state index in [1.165, 1.54) is 0 Å². The summed E-state index contributed by atoms with van der Waals surface area (Å²) in [5.74, 6) is -3.82. The first-order valence-corrected chi connectivity index (χ1v) is 10.5. The molecule has 1 spiro atoms. The van der Waals surface area contributed by atoms with E-state index in [1.807, 2.05) is 0 Å². The fourth-order valence-electron chi connectivity index (χ4n) is 4.51. The molecule has 1 aromatic rings. The van der Waals surface area contributed by atoms with Crippen LogP contribution in [0.5, 0.6) is 0 Å². The fourth-order valence-corrected chi connectivity index (χ4v) is 4.74. The SMILES string of the molecule is CC1(C)CC(=O)C2(NO[C@@H]3C(=O)N(CCNc4ncc(C(F)(F)F)cc4Cl)C(=O)[C@H]32)C(=O)C1. The van der Waals surface area contributed by atoms with Crippen molar-refractivity contribution in [1.29, 1.82) is 0 Å². The maximum absolute atomic E-state index is 13.1. The van der Waals surface area contributed by atoms with E-state index in [4.69, 9.17) is 16.4 Å². The van der Waals surface area contributed by atoms with Crippen molar-refractivity contribution in [1.82, 2.24) is 15.4 Å². The average molecular weight is 489 g/mol. The number of hydrogen-bond acceptors (Lipinski definition) is 8. The lowest BCUT2D eigenvalue weighted by molar-refractivity contribution is -0.156. The highest BCUT2D eigenvalue weighted by Gasteiger charge is 2.70. The molecule has 1 aliphatic carbocycles. The molecule has 9 nitrogen and oxygen atoms in total. The van der Waals surface area contributed by atoms with Gasteiger partial charge in [0.2, 0.25) is 5.91 Å². The number of nitrogens with zero attached hydrogens (tertiary/aromatic N) is 2. The number of pyridine rings is 1. The van der Waals surface area contributed by atoms with Gasteiger partial charge in [-0.05, 0) is 11.5 Å². The fraction of sp³-hybridized carbons (Fsp3) is 0.550. The molecular weight excluding hydrogens is 469 g/mol. The Labute approximate surface area is 190 Å². The second kappa shape index (κ2) is 7.74. The van der Waals surface area contributed by atoms with Crippen molar-refractivity contribution in [2.24, 2.45) is 11.3 Å². The molecule has 2 saturated heterocycles. The van der Waals surface area contributed by atoms with E-state index in [-0.39, 0.29) is 36.8 Å². The predicted octanol–water partition coefficient (Wildman–Crippen LogP) is 1.75. The Bertz CT molecular complexity index is 1040. The number of halogens is 4. The highest BCUT2D eigenvalue weighted by Crippen LogP contribution is 2.46. The third kappa shape index (κ3) is 3.79. The molecule has 33 heavy (non-hydrogen) atoms. The number of hydrogen-bond donors (Lipinski definition) is 2. The van der Waals surface area contributed by atoms with Gasteiger partial charge in [-0.25, -0.2) is 4.98 Å². The molecule has 2 amide bonds. The summed E-state index contributed by atoms with van der Waals surface area (Å²) in [5, 5.41) is 2.39. The Balaban J connectivity index is 1.47. The van der Waals surface area contributed by atoms with Gasteiger partial charge >= 0.3 is 6.18 Å². The third-order valence-corrected chi connectivity index (χ3v) is 6.40. The van der Waals surface area contributed by atoms with Crippen molar-refractivity contribution in [3.63, 3.8) is 0 Å². The largest absolute Gasteiger partial charge is 0.417 e. The summed E-state index contributed by atoms with van der Waals surface area (Å²) >= 11 is 5.84. The molecule has 1 aromatic heterocycles. The van der Waals surface area contributed by atoms with E-state index in [9.17, 15) is 32.3 Å². The first-order valence-electron chi connectivity index (χ1n) is 10.1. The molecule has 13 heteroatoms. The first kappa shape index (κ1) is 23.6. The number of anilines is 1. The molecular formula is C20H20ClF3N4O5. The van der Waals surface area contributed by atoms with E-state index in [0.717, 1.165) is 4.90 Å². The minimum atomic E-state index is -4.60. The number of amides is 2. The summed E-state index contributed by atoms with van der Waals surface area (Å²) in [6.07, 6.45) is -5.23. The minimum Gasteiger partial charge on any atom is -0.367 e. The average Bonchev–Trinajstić information content (AvgIpc) is 3.19. The van der Waals surface area contributed by atoms with Crippen LogP contribution in [-0.2, 0) is 30.2 Å². The van der Waals surface area contributed by atoms with Crippen molar-refractivity contribution >= 4 is 40.8 Å². The molecule has 2 aliphatic heterocycles. The number of imide groups is 1. The Morgan fingerprint density at radius 3 is 2.42 bits per heavy atom. The number of Topliss-reactive ketones (excluding diaryl/α,β-unsaturated/α-hetero) is 2. The topological polar surface area (TPSA) is 118 Å². The second-order valence-electron chi connectivity index (χ2n) is 9.10. The maximum Gasteiger partial charge on any atom is 0.417 e. The highest BCUT2D eigenvalue weighted by atomic mass is 35.5. The van der Waals surface area contributed by atoms with Crippen LogP contribution < -0.4 is 10.8 Å². The lowest BCUT2D eigenvalue weighted by Crippen LogP contribution is -2.64. The molecule has 0 bridgehead atoms. The molecule has 2 N–H and O–H groups in total. The molecule has 0 aromatic carbocycles. The van der Waals surface area contributed by atoms with Crippen LogP contribution in [0.2, 0.25) is 5.02 Å². The normalized spacial score (nSPS) is 26.3. The van der Waals surface area contributed by atoms with Crippen LogP contribution >= 0.6 is 11.6 Å². The summed E-state index contributed by atoms with van der Waals surface area (Å²) in [6, 6.07) is 0.707. The lowest BCUT2D eigenvalue weighted by Gasteiger charge is -2.39. The van der Waals surface area contributed by atoms with E-state index in [1.54, 1.807) is 13.8 Å². The number of likely N-dealkylation sites (tertiary alicyclic amines) is 1. The number of alkyl halides is 3. The molecule has 1 saturated carbocycles. The van der Waals surface area contributed by atoms with Gasteiger partial charge in [-0.15, -0.1) is 0 Å². The van der Waals surface area contributed by atoms with Gasteiger partial charge in [0.05, 0.1) is 10.6 Å². The van der Waals surface area contributed by atoms with Gasteiger partial charge in [0.15, 0.2) is 23.2 Å². The van der Waals surface area contributed by atoms with Gasteiger partial charge in [-0.3, -0.25) is 28.9 Å². The molecule has 178 valence electrons. The second-order valence-corrected chi connectivity index (χ2v) is 9.50. The quantitative estimate of drug-likeness (QED) is 0.486. The van der Waals surface area contributed by atoms with E-state index in [2.05, 4.69) is 15.8 Å². The van der Waals surface area contributed by atoms with Crippen LogP contribution in [0, 0.1) is 11.3 Å². The number of fused-ring (bicyclic) bond motifs is 2. The third-order valence-electron chi connectivity index (χ3n) is 6.11. The summed E-state index contributed by atoms with van der Waals surface area (Å²) in [4.78, 5) is 61.4. The number of carbonyl (C=O) groups excluding carboxylic acids is 4. The monoisotopic (exact) mass is 488 g/mol. The molecule has 0 unspecified atom stereocenters. The molecule has 3 fully saturated rings. The predicted molar refractivity (Wildman–Crippen MR) is 107 cm³/mol. The summed E-state index contributed by atoms with van der Waals surface area (Å²) in [6.45, 7) is 3.26. The number of aromatic nitrogens is 1. The maximum atomic E-state index is 13.1. The summed E-state index contributed by atoms with van der Waals surface area (Å²) in [7, 11) is 0. The zero-order valence-corrected chi connectivity index (χ0v) is 18.3. The van der Waals surface area contributed by atoms with Crippen molar-refractivity contribution in [2.45, 2.75) is 44.5 Å². The van der Waals surface area contributed by atoms with Crippen molar-refractivity contribution in [3.05, 3.63) is 22.8 Å². The van der Waals surface area contributed by atoms with Gasteiger partial charge in [0, 0.05) is 32.1 Å². The van der Waals surface area contributed by atoms with E-state index in [0.29, 0.717) is 12.3 Å². The molecule has 4 rings (SSSR count). The van der Waals surface area contributed by atoms with Crippen LogP contribution in [0.25, 0.3) is 0 Å². The van der Waals surface area contributed by atoms with Crippen LogP contribution in [0.3, 0.4) is 0 Å². The number of rotatable bonds is 4. The van der Waals surface area contributed by atoms with Crippen molar-refractivity contribution < 1.29 is 37.2 Å². The standard InChI is InChI=1S/C20H20ClF3N4O5/c1-18(2)6-11(29)19(12(30)7-18)13-14(33-27-19)17(32)28(16(13)31)4-3-25-15-10(21)5-9(8-26-15)20(22,23)24/h5,8,13-14,27H,3-4,6-7H2,1-2H3,(H,25,26)/t13-,14-/m0/s1. The van der Waals surface area contributed by atoms with Crippen LogP contribution in [0.1, 0.15) is 32.3 Å². The van der Waals surface area contributed by atoms with Gasteiger partial charge in [-0.2, -0.15) is 18.7 Å². The molecule has 0 radical (unpaired) electrons. The molecule has 3 heterocycles. The smallest absolute Gasteiger partial charge is 0.367 e. The number of hydroxylamine groups is 1. The van der Waals surface area contributed by atoms with E-state index >= 15 is 0 Å². The van der Waals surface area contributed by atoms with E-state index < -0.39 is 58.1 Å². The highest BCUT2D eigenvalue weighted by molar-refractivity contribution is 6.33.